The van der Waals surface area contributed by atoms with Crippen molar-refractivity contribution in [2.24, 2.45) is 0 Å². The molecule has 0 bridgehead atoms. The number of unbranched alkanes of at least 4 members (excludes halogenated alkanes) is 2. The van der Waals surface area contributed by atoms with E-state index in [2.05, 4.69) is 17.2 Å². The Hall–Kier alpha value is -2.79. The van der Waals surface area contributed by atoms with Crippen LogP contribution in [0.3, 0.4) is 0 Å². The third kappa shape index (κ3) is 5.42. The number of benzene rings is 2. The van der Waals surface area contributed by atoms with Gasteiger partial charge in [0.2, 0.25) is 0 Å². The predicted molar refractivity (Wildman–Crippen MR) is 122 cm³/mol. The first-order valence-corrected chi connectivity index (χ1v) is 10.7. The van der Waals surface area contributed by atoms with Gasteiger partial charge in [-0.3, -0.25) is 9.59 Å². The standard InChI is InChI=1S/C24H27ClN2O3/c1-3-4-5-14-30-22-16(2)6-9-18-15-20(24(29)27-21(18)22)23(28)26-13-12-17-7-10-19(25)11-8-17/h6-11,15H,3-5,12-14H2,1-2H3,(H,26,28)(H,27,29). The smallest absolute Gasteiger partial charge is 0.261 e. The molecule has 3 rings (SSSR count). The Kier molecular flexibility index (Phi) is 7.52. The number of halogens is 1. The number of aromatic nitrogens is 1. The minimum Gasteiger partial charge on any atom is -0.491 e. The van der Waals surface area contributed by atoms with Crippen molar-refractivity contribution in [2.45, 2.75) is 39.5 Å². The lowest BCUT2D eigenvalue weighted by molar-refractivity contribution is 0.0953. The van der Waals surface area contributed by atoms with Crippen molar-refractivity contribution in [1.29, 1.82) is 0 Å². The van der Waals surface area contributed by atoms with Crippen molar-refractivity contribution in [3.05, 3.63) is 74.5 Å². The molecule has 0 saturated heterocycles. The average molecular weight is 427 g/mol. The Morgan fingerprint density at radius 1 is 1.13 bits per heavy atom. The van der Waals surface area contributed by atoms with Gasteiger partial charge in [0.05, 0.1) is 12.1 Å². The minimum atomic E-state index is -0.421. The molecule has 1 heterocycles. The van der Waals surface area contributed by atoms with Crippen LogP contribution in [0.4, 0.5) is 0 Å². The number of carbonyl (C=O) groups excluding carboxylic acids is 1. The topological polar surface area (TPSA) is 71.2 Å². The fourth-order valence-electron chi connectivity index (χ4n) is 3.30. The number of ether oxygens (including phenoxy) is 1. The van der Waals surface area contributed by atoms with Crippen molar-refractivity contribution in [3.8, 4) is 5.75 Å². The van der Waals surface area contributed by atoms with Gasteiger partial charge < -0.3 is 15.0 Å². The highest BCUT2D eigenvalue weighted by Gasteiger charge is 2.15. The first-order valence-electron chi connectivity index (χ1n) is 10.3. The molecule has 158 valence electrons. The van der Waals surface area contributed by atoms with Gasteiger partial charge in [-0.15, -0.1) is 0 Å². The van der Waals surface area contributed by atoms with Crippen molar-refractivity contribution >= 4 is 28.4 Å². The van der Waals surface area contributed by atoms with Crippen LogP contribution in [0.25, 0.3) is 10.9 Å². The quantitative estimate of drug-likeness (QED) is 0.471. The summed E-state index contributed by atoms with van der Waals surface area (Å²) in [5.41, 5.74) is 2.33. The third-order valence-electron chi connectivity index (χ3n) is 5.02. The fourth-order valence-corrected chi connectivity index (χ4v) is 3.43. The minimum absolute atomic E-state index is 0.0967. The first kappa shape index (κ1) is 21.9. The Morgan fingerprint density at radius 2 is 1.90 bits per heavy atom. The number of H-pyrrole nitrogens is 1. The number of fused-ring (bicyclic) bond motifs is 1. The number of hydrogen-bond donors (Lipinski definition) is 2. The molecular weight excluding hydrogens is 400 g/mol. The van der Waals surface area contributed by atoms with E-state index in [4.69, 9.17) is 16.3 Å². The highest BCUT2D eigenvalue weighted by atomic mass is 35.5. The van der Waals surface area contributed by atoms with Crippen molar-refractivity contribution in [1.82, 2.24) is 10.3 Å². The molecule has 3 aromatic rings. The van der Waals surface area contributed by atoms with Crippen molar-refractivity contribution in [3.63, 3.8) is 0 Å². The van der Waals surface area contributed by atoms with Gasteiger partial charge in [-0.05, 0) is 49.1 Å². The van der Waals surface area contributed by atoms with Crippen LogP contribution in [-0.4, -0.2) is 24.0 Å². The van der Waals surface area contributed by atoms with Gasteiger partial charge in [-0.2, -0.15) is 0 Å². The molecule has 30 heavy (non-hydrogen) atoms. The van der Waals surface area contributed by atoms with E-state index >= 15 is 0 Å². The number of amides is 1. The Morgan fingerprint density at radius 3 is 2.63 bits per heavy atom. The summed E-state index contributed by atoms with van der Waals surface area (Å²) in [4.78, 5) is 28.0. The zero-order valence-corrected chi connectivity index (χ0v) is 18.1. The second-order valence-corrected chi connectivity index (χ2v) is 7.81. The van der Waals surface area contributed by atoms with E-state index in [1.165, 1.54) is 0 Å². The normalized spacial score (nSPS) is 10.9. The molecule has 6 heteroatoms. The molecule has 0 unspecified atom stereocenters. The highest BCUT2D eigenvalue weighted by Crippen LogP contribution is 2.27. The average Bonchev–Trinajstić information content (AvgIpc) is 2.73. The summed E-state index contributed by atoms with van der Waals surface area (Å²) in [5.74, 6) is 0.286. The number of carbonyl (C=O) groups is 1. The van der Waals surface area contributed by atoms with Gasteiger partial charge in [0, 0.05) is 17.0 Å². The lowest BCUT2D eigenvalue weighted by Gasteiger charge is -2.13. The van der Waals surface area contributed by atoms with Crippen LogP contribution < -0.4 is 15.6 Å². The van der Waals surface area contributed by atoms with Gasteiger partial charge in [-0.25, -0.2) is 0 Å². The number of rotatable bonds is 9. The zero-order chi connectivity index (χ0) is 21.5. The number of hydrogen-bond acceptors (Lipinski definition) is 3. The summed E-state index contributed by atoms with van der Waals surface area (Å²) in [7, 11) is 0. The van der Waals surface area contributed by atoms with Gasteiger partial charge in [-0.1, -0.05) is 55.6 Å². The number of aryl methyl sites for hydroxylation is 1. The van der Waals surface area contributed by atoms with Crippen molar-refractivity contribution < 1.29 is 9.53 Å². The fraction of sp³-hybridized carbons (Fsp3) is 0.333. The molecule has 0 aliphatic carbocycles. The molecule has 0 fully saturated rings. The Balaban J connectivity index is 1.73. The molecule has 2 aromatic carbocycles. The summed E-state index contributed by atoms with van der Waals surface area (Å²) >= 11 is 5.89. The van der Waals surface area contributed by atoms with E-state index in [0.29, 0.717) is 35.9 Å². The van der Waals surface area contributed by atoms with Crippen LogP contribution in [0.2, 0.25) is 5.02 Å². The van der Waals surface area contributed by atoms with E-state index in [1.54, 1.807) is 6.07 Å². The predicted octanol–water partition coefficient (Wildman–Crippen LogP) is 5.03. The van der Waals surface area contributed by atoms with Crippen LogP contribution >= 0.6 is 11.6 Å². The molecule has 0 atom stereocenters. The Bertz CT molecular complexity index is 1070. The van der Waals surface area contributed by atoms with Crippen LogP contribution in [0.5, 0.6) is 5.75 Å². The van der Waals surface area contributed by atoms with E-state index in [0.717, 1.165) is 35.8 Å². The number of pyridine rings is 1. The van der Waals surface area contributed by atoms with E-state index in [9.17, 15) is 9.59 Å². The summed E-state index contributed by atoms with van der Waals surface area (Å²) < 4.78 is 5.95. The summed E-state index contributed by atoms with van der Waals surface area (Å²) in [6.45, 7) is 5.12. The zero-order valence-electron chi connectivity index (χ0n) is 17.4. The maximum Gasteiger partial charge on any atom is 0.261 e. The molecule has 2 N–H and O–H groups in total. The molecule has 1 aromatic heterocycles. The molecule has 0 aliphatic rings. The van der Waals surface area contributed by atoms with Crippen LogP contribution in [0.15, 0.2) is 47.3 Å². The monoisotopic (exact) mass is 426 g/mol. The number of nitrogens with one attached hydrogen (secondary N) is 2. The maximum absolute atomic E-state index is 12.6. The molecular formula is C24H27ClN2O3. The molecule has 5 nitrogen and oxygen atoms in total. The molecule has 0 radical (unpaired) electrons. The largest absolute Gasteiger partial charge is 0.491 e. The first-order chi connectivity index (χ1) is 14.5. The SMILES string of the molecule is CCCCCOc1c(C)ccc2cc(C(=O)NCCc3ccc(Cl)cc3)c(=O)[nH]c12. The van der Waals surface area contributed by atoms with E-state index in [1.807, 2.05) is 43.3 Å². The van der Waals surface area contributed by atoms with E-state index in [-0.39, 0.29) is 5.56 Å². The van der Waals surface area contributed by atoms with Gasteiger partial charge in [0.15, 0.2) is 0 Å². The molecule has 0 aliphatic heterocycles. The maximum atomic E-state index is 12.6. The van der Waals surface area contributed by atoms with Crippen LogP contribution in [0.1, 0.15) is 47.7 Å². The highest BCUT2D eigenvalue weighted by molar-refractivity contribution is 6.30. The van der Waals surface area contributed by atoms with Crippen LogP contribution in [-0.2, 0) is 6.42 Å². The second-order valence-electron chi connectivity index (χ2n) is 7.38. The summed E-state index contributed by atoms with van der Waals surface area (Å²) in [5, 5.41) is 4.27. The van der Waals surface area contributed by atoms with E-state index < -0.39 is 11.5 Å². The molecule has 0 saturated carbocycles. The molecule has 1 amide bonds. The number of aromatic amines is 1. The molecule has 0 spiro atoms. The van der Waals surface area contributed by atoms with Gasteiger partial charge in [0.1, 0.15) is 11.3 Å². The summed E-state index contributed by atoms with van der Waals surface area (Å²) in [6, 6.07) is 12.9. The lowest BCUT2D eigenvalue weighted by Crippen LogP contribution is -2.31. The third-order valence-corrected chi connectivity index (χ3v) is 5.27. The second kappa shape index (κ2) is 10.3. The van der Waals surface area contributed by atoms with Gasteiger partial charge in [0.25, 0.3) is 11.5 Å². The summed E-state index contributed by atoms with van der Waals surface area (Å²) in [6.07, 6.45) is 3.83. The Labute approximate surface area is 181 Å². The van der Waals surface area contributed by atoms with Gasteiger partial charge >= 0.3 is 0 Å². The van der Waals surface area contributed by atoms with Crippen molar-refractivity contribution in [2.75, 3.05) is 13.2 Å². The lowest BCUT2D eigenvalue weighted by atomic mass is 10.1. The van der Waals surface area contributed by atoms with Crippen LogP contribution in [0, 0.1) is 6.92 Å².